The molecule has 0 aliphatic carbocycles. The summed E-state index contributed by atoms with van der Waals surface area (Å²) in [5, 5.41) is 18.3. The minimum Gasteiger partial charge on any atom is -0.462 e. The monoisotopic (exact) mass is 747 g/mol. The molecule has 0 saturated heterocycles. The Bertz CT molecular complexity index is 910. The van der Waals surface area contributed by atoms with Gasteiger partial charge >= 0.3 is 19.8 Å². The van der Waals surface area contributed by atoms with Crippen LogP contribution in [0.25, 0.3) is 0 Å². The van der Waals surface area contributed by atoms with Crippen LogP contribution in [0.5, 0.6) is 0 Å². The highest BCUT2D eigenvalue weighted by Crippen LogP contribution is 2.43. The summed E-state index contributed by atoms with van der Waals surface area (Å²) in [6.07, 6.45) is 34.3. The van der Waals surface area contributed by atoms with Crippen molar-refractivity contribution in [3.63, 3.8) is 0 Å². The molecule has 0 saturated carbocycles. The molecule has 51 heavy (non-hydrogen) atoms. The first kappa shape index (κ1) is 49.5. The number of carbonyl (C=O) groups excluding carboxylic acids is 2. The Morgan fingerprint density at radius 1 is 0.569 bits per heavy atom. The zero-order chi connectivity index (χ0) is 37.7. The fraction of sp³-hybridized carbons (Fsp3) is 0.850. The van der Waals surface area contributed by atoms with Crippen LogP contribution in [-0.2, 0) is 32.7 Å². The molecule has 0 radical (unpaired) electrons. The van der Waals surface area contributed by atoms with Crippen LogP contribution in [0, 0.1) is 0 Å². The van der Waals surface area contributed by atoms with Crippen LogP contribution >= 0.6 is 7.82 Å². The normalized spacial score (nSPS) is 14.2. The number of unbranched alkanes of at least 4 members (excludes halogenated alkanes) is 20. The quantitative estimate of drug-likeness (QED) is 0.0241. The second-order valence-corrected chi connectivity index (χ2v) is 15.1. The van der Waals surface area contributed by atoms with Crippen molar-refractivity contribution in [3.8, 4) is 0 Å². The van der Waals surface area contributed by atoms with Gasteiger partial charge < -0.3 is 24.6 Å². The summed E-state index contributed by atoms with van der Waals surface area (Å²) in [5.74, 6) is -0.939. The first-order valence-corrected chi connectivity index (χ1v) is 21.8. The van der Waals surface area contributed by atoms with E-state index in [0.717, 1.165) is 64.2 Å². The number of esters is 2. The number of hydrogen-bond donors (Lipinski definition) is 3. The maximum atomic E-state index is 12.5. The molecule has 0 rings (SSSR count). The van der Waals surface area contributed by atoms with Gasteiger partial charge in [0.2, 0.25) is 0 Å². The van der Waals surface area contributed by atoms with Gasteiger partial charge in [0, 0.05) is 12.8 Å². The highest BCUT2D eigenvalue weighted by molar-refractivity contribution is 7.47. The number of rotatable bonds is 38. The van der Waals surface area contributed by atoms with Gasteiger partial charge in [0.1, 0.15) is 12.7 Å². The molecule has 3 N–H and O–H groups in total. The summed E-state index contributed by atoms with van der Waals surface area (Å²) in [6.45, 7) is 2.32. The van der Waals surface area contributed by atoms with Crippen molar-refractivity contribution in [1.82, 2.24) is 0 Å². The molecule has 11 heteroatoms. The Hall–Kier alpha value is -1.55. The molecule has 3 atom stereocenters. The standard InChI is InChI=1S/C40H75O10P/c1-3-5-7-9-11-13-15-16-17-18-19-20-22-23-25-27-29-31-39(43)47-35-38(36-49-51(45,46)48-34-37(42)33-41)50-40(44)32-30-28-26-24-21-14-12-10-8-6-4-2/h10,12,16-17,37-38,41-42H,3-9,11,13-15,18-36H2,1-2H3,(H,45,46)/b12-10-,17-16-/t37-,38+/m0/s1. The maximum absolute atomic E-state index is 12.5. The molecular weight excluding hydrogens is 671 g/mol. The van der Waals surface area contributed by atoms with Crippen molar-refractivity contribution < 1.29 is 47.8 Å². The lowest BCUT2D eigenvalue weighted by atomic mass is 10.1. The number of carbonyl (C=O) groups is 2. The molecule has 0 aromatic heterocycles. The number of hydrogen-bond acceptors (Lipinski definition) is 9. The van der Waals surface area contributed by atoms with E-state index in [1.54, 1.807) is 0 Å². The Morgan fingerprint density at radius 2 is 0.980 bits per heavy atom. The summed E-state index contributed by atoms with van der Waals surface area (Å²) in [5.41, 5.74) is 0. The Kier molecular flexibility index (Phi) is 35.7. The van der Waals surface area contributed by atoms with Gasteiger partial charge in [-0.1, -0.05) is 134 Å². The molecule has 0 fully saturated rings. The molecule has 0 bridgehead atoms. The fourth-order valence-electron chi connectivity index (χ4n) is 5.38. The molecule has 10 nitrogen and oxygen atoms in total. The predicted octanol–water partition coefficient (Wildman–Crippen LogP) is 10.2. The second-order valence-electron chi connectivity index (χ2n) is 13.7. The first-order valence-electron chi connectivity index (χ1n) is 20.3. The van der Waals surface area contributed by atoms with Crippen molar-refractivity contribution in [2.75, 3.05) is 26.4 Å². The summed E-state index contributed by atoms with van der Waals surface area (Å²) in [4.78, 5) is 34.8. The van der Waals surface area contributed by atoms with Gasteiger partial charge in [0.25, 0.3) is 0 Å². The summed E-state index contributed by atoms with van der Waals surface area (Å²) in [6, 6.07) is 0. The van der Waals surface area contributed by atoms with Crippen molar-refractivity contribution in [2.45, 2.75) is 193 Å². The molecule has 0 spiro atoms. The number of phosphoric ester groups is 1. The number of allylic oxidation sites excluding steroid dienone is 4. The van der Waals surface area contributed by atoms with E-state index in [0.29, 0.717) is 12.8 Å². The smallest absolute Gasteiger partial charge is 0.462 e. The molecular formula is C40H75O10P. The van der Waals surface area contributed by atoms with E-state index in [-0.39, 0.29) is 19.4 Å². The average Bonchev–Trinajstić information content (AvgIpc) is 3.12. The largest absolute Gasteiger partial charge is 0.472 e. The Balaban J connectivity index is 4.30. The van der Waals surface area contributed by atoms with Crippen LogP contribution in [0.15, 0.2) is 24.3 Å². The van der Waals surface area contributed by atoms with Crippen molar-refractivity contribution in [3.05, 3.63) is 24.3 Å². The first-order chi connectivity index (χ1) is 24.7. The minimum absolute atomic E-state index is 0.174. The predicted molar refractivity (Wildman–Crippen MR) is 205 cm³/mol. The van der Waals surface area contributed by atoms with Gasteiger partial charge in [-0.3, -0.25) is 18.6 Å². The van der Waals surface area contributed by atoms with E-state index in [9.17, 15) is 24.2 Å². The molecule has 0 heterocycles. The third-order valence-electron chi connectivity index (χ3n) is 8.58. The molecule has 0 aromatic carbocycles. The van der Waals surface area contributed by atoms with E-state index in [2.05, 4.69) is 42.7 Å². The van der Waals surface area contributed by atoms with Gasteiger partial charge in [-0.05, 0) is 57.8 Å². The zero-order valence-corrected chi connectivity index (χ0v) is 33.2. The van der Waals surface area contributed by atoms with Crippen LogP contribution in [0.4, 0.5) is 0 Å². The van der Waals surface area contributed by atoms with Gasteiger partial charge in [0.15, 0.2) is 6.10 Å². The second kappa shape index (κ2) is 36.8. The molecule has 1 unspecified atom stereocenters. The van der Waals surface area contributed by atoms with E-state index < -0.39 is 51.8 Å². The van der Waals surface area contributed by atoms with E-state index in [1.165, 1.54) is 77.0 Å². The van der Waals surface area contributed by atoms with Crippen LogP contribution in [0.3, 0.4) is 0 Å². The van der Waals surface area contributed by atoms with Gasteiger partial charge in [0.05, 0.1) is 19.8 Å². The summed E-state index contributed by atoms with van der Waals surface area (Å²) < 4.78 is 32.6. The van der Waals surface area contributed by atoms with Crippen molar-refractivity contribution in [1.29, 1.82) is 0 Å². The van der Waals surface area contributed by atoms with Gasteiger partial charge in [-0.2, -0.15) is 0 Å². The van der Waals surface area contributed by atoms with Crippen molar-refractivity contribution >= 4 is 19.8 Å². The lowest BCUT2D eigenvalue weighted by molar-refractivity contribution is -0.161. The highest BCUT2D eigenvalue weighted by atomic mass is 31.2. The number of aliphatic hydroxyl groups excluding tert-OH is 2. The average molecular weight is 747 g/mol. The molecule has 300 valence electrons. The highest BCUT2D eigenvalue weighted by Gasteiger charge is 2.27. The van der Waals surface area contributed by atoms with E-state index in [4.69, 9.17) is 19.1 Å². The lowest BCUT2D eigenvalue weighted by Gasteiger charge is -2.20. The third kappa shape index (κ3) is 36.6. The third-order valence-corrected chi connectivity index (χ3v) is 9.53. The number of phosphoric acid groups is 1. The summed E-state index contributed by atoms with van der Waals surface area (Å²) >= 11 is 0. The zero-order valence-electron chi connectivity index (χ0n) is 32.3. The fourth-order valence-corrected chi connectivity index (χ4v) is 6.17. The van der Waals surface area contributed by atoms with Gasteiger partial charge in [-0.25, -0.2) is 4.57 Å². The maximum Gasteiger partial charge on any atom is 0.472 e. The molecule has 0 aliphatic rings. The van der Waals surface area contributed by atoms with Crippen molar-refractivity contribution in [2.24, 2.45) is 0 Å². The van der Waals surface area contributed by atoms with Gasteiger partial charge in [-0.15, -0.1) is 0 Å². The Morgan fingerprint density at radius 3 is 1.47 bits per heavy atom. The molecule has 0 aliphatic heterocycles. The van der Waals surface area contributed by atoms with Crippen LogP contribution in [0.1, 0.15) is 181 Å². The van der Waals surface area contributed by atoms with Crippen LogP contribution in [-0.4, -0.2) is 65.7 Å². The topological polar surface area (TPSA) is 149 Å². The minimum atomic E-state index is -4.61. The SMILES string of the molecule is CCCC/C=C\CCCCCCCC(=O)O[C@H](COC(=O)CCCCCCCCC/C=C\CCCCCCCC)COP(=O)(O)OC[C@@H](O)CO. The van der Waals surface area contributed by atoms with Crippen LogP contribution in [0.2, 0.25) is 0 Å². The molecule has 0 amide bonds. The number of aliphatic hydroxyl groups is 2. The van der Waals surface area contributed by atoms with Crippen LogP contribution < -0.4 is 0 Å². The van der Waals surface area contributed by atoms with E-state index >= 15 is 0 Å². The molecule has 0 aromatic rings. The summed E-state index contributed by atoms with van der Waals surface area (Å²) in [7, 11) is -4.61. The number of ether oxygens (including phenoxy) is 2. The van der Waals surface area contributed by atoms with E-state index in [1.807, 2.05) is 0 Å². The lowest BCUT2D eigenvalue weighted by Crippen LogP contribution is -2.29. The Labute approximate surface area is 310 Å².